The summed E-state index contributed by atoms with van der Waals surface area (Å²) in [6, 6.07) is 16.5. The van der Waals surface area contributed by atoms with Crippen LogP contribution in [0.1, 0.15) is 49.0 Å². The van der Waals surface area contributed by atoms with Crippen LogP contribution in [0.25, 0.3) is 0 Å². The van der Waals surface area contributed by atoms with Crippen molar-refractivity contribution in [3.05, 3.63) is 65.7 Å². The van der Waals surface area contributed by atoms with Gasteiger partial charge in [0.1, 0.15) is 11.9 Å². The first-order valence-corrected chi connectivity index (χ1v) is 8.15. The summed E-state index contributed by atoms with van der Waals surface area (Å²) in [5, 5.41) is 9.64. The Kier molecular flexibility index (Phi) is 6.36. The lowest BCUT2D eigenvalue weighted by Gasteiger charge is -2.21. The van der Waals surface area contributed by atoms with Crippen LogP contribution >= 0.6 is 0 Å². The Labute approximate surface area is 137 Å². The zero-order chi connectivity index (χ0) is 16.7. The highest BCUT2D eigenvalue weighted by Gasteiger charge is 2.18. The van der Waals surface area contributed by atoms with Crippen molar-refractivity contribution in [3.8, 4) is 5.75 Å². The van der Waals surface area contributed by atoms with Crippen LogP contribution in [0.15, 0.2) is 54.6 Å². The lowest BCUT2D eigenvalue weighted by atomic mass is 10.0. The summed E-state index contributed by atoms with van der Waals surface area (Å²) in [5.41, 5.74) is 1.21. The van der Waals surface area contributed by atoms with Crippen LogP contribution in [-0.2, 0) is 0 Å². The lowest BCUT2D eigenvalue weighted by molar-refractivity contribution is 0.0959. The number of aliphatic hydroxyl groups excluding tert-OH is 1. The molecule has 0 aliphatic carbocycles. The van der Waals surface area contributed by atoms with Crippen LogP contribution in [0.4, 0.5) is 0 Å². The van der Waals surface area contributed by atoms with E-state index in [9.17, 15) is 9.90 Å². The largest absolute Gasteiger partial charge is 0.490 e. The van der Waals surface area contributed by atoms with Gasteiger partial charge >= 0.3 is 0 Å². The molecule has 0 spiro atoms. The molecule has 0 amide bonds. The third-order valence-electron chi connectivity index (χ3n) is 3.68. The van der Waals surface area contributed by atoms with Gasteiger partial charge in [-0.1, -0.05) is 55.8 Å². The van der Waals surface area contributed by atoms with Crippen LogP contribution < -0.4 is 4.74 Å². The maximum atomic E-state index is 12.7. The number of hydrogen-bond acceptors (Lipinski definition) is 3. The van der Waals surface area contributed by atoms with E-state index in [0.717, 1.165) is 12.8 Å². The molecule has 0 saturated carbocycles. The number of benzene rings is 2. The fourth-order valence-electron chi connectivity index (χ4n) is 2.61. The topological polar surface area (TPSA) is 46.5 Å². The van der Waals surface area contributed by atoms with E-state index in [1.807, 2.05) is 36.4 Å². The first-order chi connectivity index (χ1) is 11.1. The van der Waals surface area contributed by atoms with Gasteiger partial charge in [0.2, 0.25) is 0 Å². The SMILES string of the molecule is CCCC(CC(C)O)Oc1ccccc1C(=O)c1ccccc1. The molecule has 0 aliphatic rings. The number of aliphatic hydroxyl groups is 1. The van der Waals surface area contributed by atoms with Gasteiger partial charge in [0.25, 0.3) is 0 Å². The summed E-state index contributed by atoms with van der Waals surface area (Å²) in [4.78, 5) is 12.7. The average molecular weight is 312 g/mol. The van der Waals surface area contributed by atoms with Gasteiger partial charge in [-0.25, -0.2) is 0 Å². The monoisotopic (exact) mass is 312 g/mol. The van der Waals surface area contributed by atoms with E-state index in [1.165, 1.54) is 0 Å². The Morgan fingerprint density at radius 1 is 1.09 bits per heavy atom. The van der Waals surface area contributed by atoms with Gasteiger partial charge in [-0.15, -0.1) is 0 Å². The quantitative estimate of drug-likeness (QED) is 0.742. The molecule has 3 nitrogen and oxygen atoms in total. The lowest BCUT2D eigenvalue weighted by Crippen LogP contribution is -2.22. The first-order valence-electron chi connectivity index (χ1n) is 8.15. The molecule has 2 aromatic carbocycles. The van der Waals surface area contributed by atoms with Gasteiger partial charge in [-0.05, 0) is 25.5 Å². The summed E-state index contributed by atoms with van der Waals surface area (Å²) in [5.74, 6) is 0.536. The molecule has 2 aromatic rings. The van der Waals surface area contributed by atoms with Gasteiger partial charge in [0.15, 0.2) is 5.78 Å². The van der Waals surface area contributed by atoms with Crippen LogP contribution in [0, 0.1) is 0 Å². The molecule has 0 saturated heterocycles. The molecule has 3 heteroatoms. The number of carbonyl (C=O) groups excluding carboxylic acids is 1. The van der Waals surface area contributed by atoms with E-state index in [-0.39, 0.29) is 11.9 Å². The van der Waals surface area contributed by atoms with Crippen LogP contribution in [-0.4, -0.2) is 23.1 Å². The molecule has 1 N–H and O–H groups in total. The zero-order valence-corrected chi connectivity index (χ0v) is 13.7. The molecule has 0 heterocycles. The van der Waals surface area contributed by atoms with Crippen LogP contribution in [0.5, 0.6) is 5.75 Å². The van der Waals surface area contributed by atoms with Crippen molar-refractivity contribution in [2.75, 3.05) is 0 Å². The van der Waals surface area contributed by atoms with Crippen molar-refractivity contribution >= 4 is 5.78 Å². The molecule has 2 rings (SSSR count). The summed E-state index contributed by atoms with van der Waals surface area (Å²) in [7, 11) is 0. The molecule has 2 unspecified atom stereocenters. The van der Waals surface area contributed by atoms with Crippen LogP contribution in [0.2, 0.25) is 0 Å². The molecule has 122 valence electrons. The minimum atomic E-state index is -0.427. The second-order valence-corrected chi connectivity index (χ2v) is 5.80. The smallest absolute Gasteiger partial charge is 0.196 e. The Morgan fingerprint density at radius 3 is 2.39 bits per heavy atom. The zero-order valence-electron chi connectivity index (χ0n) is 13.7. The van der Waals surface area contributed by atoms with Crippen molar-refractivity contribution < 1.29 is 14.6 Å². The van der Waals surface area contributed by atoms with Gasteiger partial charge < -0.3 is 9.84 Å². The molecule has 0 bridgehead atoms. The summed E-state index contributed by atoms with van der Waals surface area (Å²) in [6.45, 7) is 3.84. The van der Waals surface area contributed by atoms with Gasteiger partial charge in [-0.3, -0.25) is 4.79 Å². The number of para-hydroxylation sites is 1. The third-order valence-corrected chi connectivity index (χ3v) is 3.68. The van der Waals surface area contributed by atoms with Crippen molar-refractivity contribution in [1.29, 1.82) is 0 Å². The second-order valence-electron chi connectivity index (χ2n) is 5.80. The number of ketones is 1. The number of hydrogen-bond donors (Lipinski definition) is 1. The second kappa shape index (κ2) is 8.49. The molecule has 0 aromatic heterocycles. The van der Waals surface area contributed by atoms with Crippen molar-refractivity contribution in [1.82, 2.24) is 0 Å². The Hall–Kier alpha value is -2.13. The first kappa shape index (κ1) is 17.2. The Balaban J connectivity index is 2.24. The fraction of sp³-hybridized carbons (Fsp3) is 0.350. The van der Waals surface area contributed by atoms with Crippen LogP contribution in [0.3, 0.4) is 0 Å². The Morgan fingerprint density at radius 2 is 1.74 bits per heavy atom. The van der Waals surface area contributed by atoms with Crippen molar-refractivity contribution in [2.24, 2.45) is 0 Å². The Bertz CT molecular complexity index is 620. The van der Waals surface area contributed by atoms with E-state index < -0.39 is 6.10 Å². The molecule has 0 aliphatic heterocycles. The van der Waals surface area contributed by atoms with Crippen molar-refractivity contribution in [2.45, 2.75) is 45.3 Å². The van der Waals surface area contributed by atoms with E-state index in [2.05, 4.69) is 6.92 Å². The van der Waals surface area contributed by atoms with Gasteiger partial charge in [0.05, 0.1) is 11.7 Å². The number of rotatable bonds is 8. The predicted molar refractivity (Wildman–Crippen MR) is 91.9 cm³/mol. The normalized spacial score (nSPS) is 13.3. The average Bonchev–Trinajstić information content (AvgIpc) is 2.55. The maximum absolute atomic E-state index is 12.7. The summed E-state index contributed by atoms with van der Waals surface area (Å²) < 4.78 is 6.06. The highest BCUT2D eigenvalue weighted by Crippen LogP contribution is 2.24. The maximum Gasteiger partial charge on any atom is 0.196 e. The predicted octanol–water partition coefficient (Wildman–Crippen LogP) is 4.24. The molecular formula is C20H24O3. The fourth-order valence-corrected chi connectivity index (χ4v) is 2.61. The number of ether oxygens (including phenoxy) is 1. The summed E-state index contributed by atoms with van der Waals surface area (Å²) in [6.07, 6.45) is 1.85. The van der Waals surface area contributed by atoms with E-state index in [0.29, 0.717) is 23.3 Å². The molecule has 2 atom stereocenters. The standard InChI is InChI=1S/C20H24O3/c1-3-9-17(14-15(2)21)23-19-13-8-7-12-18(19)20(22)16-10-5-4-6-11-16/h4-8,10-13,15,17,21H,3,9,14H2,1-2H3. The molecule has 0 radical (unpaired) electrons. The van der Waals surface area contributed by atoms with Crippen molar-refractivity contribution in [3.63, 3.8) is 0 Å². The summed E-state index contributed by atoms with van der Waals surface area (Å²) >= 11 is 0. The van der Waals surface area contributed by atoms with E-state index in [1.54, 1.807) is 25.1 Å². The van der Waals surface area contributed by atoms with E-state index >= 15 is 0 Å². The molecule has 23 heavy (non-hydrogen) atoms. The minimum Gasteiger partial charge on any atom is -0.490 e. The molecular weight excluding hydrogens is 288 g/mol. The van der Waals surface area contributed by atoms with E-state index in [4.69, 9.17) is 4.74 Å². The molecule has 0 fully saturated rings. The number of carbonyl (C=O) groups is 1. The third kappa shape index (κ3) is 4.93. The van der Waals surface area contributed by atoms with Gasteiger partial charge in [0, 0.05) is 12.0 Å². The highest BCUT2D eigenvalue weighted by molar-refractivity contribution is 6.10. The minimum absolute atomic E-state index is 0.0477. The van der Waals surface area contributed by atoms with Gasteiger partial charge in [-0.2, -0.15) is 0 Å². The highest BCUT2D eigenvalue weighted by atomic mass is 16.5.